The van der Waals surface area contributed by atoms with Crippen LogP contribution in [0.25, 0.3) is 0 Å². The van der Waals surface area contributed by atoms with Gasteiger partial charge in [-0.1, -0.05) is 12.8 Å². The SMILES string of the molecule is CN(CC(=O)[O-])C(=O)[C@H](Cc1cnc[nH]1)NC(=O)[C@@H](N)CCCCN.CN(CC(=O)[O-])C(=O)[C@H](Cc1cnc[nH]1)NC(=O)[C@@H](N)CCCCN.[Cu+2]. The molecule has 21 heteroatoms. The molecule has 0 aliphatic carbocycles. The molecule has 0 unspecified atom stereocenters. The molecule has 0 bridgehead atoms. The fraction of sp³-hybridized carbons (Fsp3) is 0.600. The molecule has 0 saturated heterocycles. The summed E-state index contributed by atoms with van der Waals surface area (Å²) in [6, 6.07) is -3.46. The van der Waals surface area contributed by atoms with E-state index < -0.39 is 72.8 Å². The molecule has 4 amide bonds. The van der Waals surface area contributed by atoms with Gasteiger partial charge in [0.1, 0.15) is 12.1 Å². The van der Waals surface area contributed by atoms with Gasteiger partial charge in [0, 0.05) is 50.7 Å². The third-order valence-electron chi connectivity index (χ3n) is 7.28. The zero-order valence-corrected chi connectivity index (χ0v) is 29.7. The number of amides is 4. The number of aromatic amines is 2. The first-order chi connectivity index (χ1) is 23.7. The molecule has 0 saturated carbocycles. The number of H-pyrrole nitrogens is 2. The zero-order chi connectivity index (χ0) is 37.6. The number of carbonyl (C=O) groups excluding carboxylic acids is 6. The van der Waals surface area contributed by atoms with Crippen LogP contribution in [0.15, 0.2) is 25.0 Å². The number of carbonyl (C=O) groups is 6. The molecule has 0 spiro atoms. The molecule has 0 aromatic carbocycles. The van der Waals surface area contributed by atoms with Crippen LogP contribution >= 0.6 is 0 Å². The molecule has 2 aromatic heterocycles. The minimum absolute atomic E-state index is 0. The number of nitrogens with zero attached hydrogens (tertiary/aromatic N) is 4. The fourth-order valence-electron chi connectivity index (χ4n) is 4.54. The van der Waals surface area contributed by atoms with Crippen LogP contribution in [0.3, 0.4) is 0 Å². The number of hydrogen-bond acceptors (Lipinski definition) is 14. The molecule has 0 aliphatic rings. The summed E-state index contributed by atoms with van der Waals surface area (Å²) in [6.07, 6.45) is 10.0. The smallest absolute Gasteiger partial charge is 0.548 e. The number of rotatable bonds is 22. The number of hydrogen-bond donors (Lipinski definition) is 8. The summed E-state index contributed by atoms with van der Waals surface area (Å²) in [4.78, 5) is 86.1. The number of aromatic nitrogens is 4. The van der Waals surface area contributed by atoms with Crippen molar-refractivity contribution in [1.29, 1.82) is 0 Å². The number of carboxylic acids is 2. The minimum atomic E-state index is -1.39. The quantitative estimate of drug-likeness (QED) is 0.0409. The van der Waals surface area contributed by atoms with Gasteiger partial charge in [-0.05, 0) is 38.8 Å². The van der Waals surface area contributed by atoms with Gasteiger partial charge in [0.25, 0.3) is 0 Å². The Morgan fingerprint density at radius 2 is 1.06 bits per heavy atom. The van der Waals surface area contributed by atoms with Gasteiger partial charge in [-0.3, -0.25) is 19.2 Å². The van der Waals surface area contributed by atoms with Crippen LogP contribution in [0.5, 0.6) is 0 Å². The Balaban J connectivity index is 0.000000962. The molecule has 289 valence electrons. The van der Waals surface area contributed by atoms with Gasteiger partial charge in [0.15, 0.2) is 0 Å². The summed E-state index contributed by atoms with van der Waals surface area (Å²) >= 11 is 0. The van der Waals surface area contributed by atoms with Gasteiger partial charge < -0.3 is 73.1 Å². The Morgan fingerprint density at radius 3 is 1.33 bits per heavy atom. The molecule has 51 heavy (non-hydrogen) atoms. The Morgan fingerprint density at radius 1 is 0.706 bits per heavy atom. The van der Waals surface area contributed by atoms with Gasteiger partial charge >= 0.3 is 17.1 Å². The van der Waals surface area contributed by atoms with Crippen molar-refractivity contribution in [3.8, 4) is 0 Å². The second kappa shape index (κ2) is 25.5. The van der Waals surface area contributed by atoms with Crippen molar-refractivity contribution in [3.05, 3.63) is 36.4 Å². The van der Waals surface area contributed by atoms with E-state index in [4.69, 9.17) is 22.9 Å². The summed E-state index contributed by atoms with van der Waals surface area (Å²) in [7, 11) is 2.65. The van der Waals surface area contributed by atoms with E-state index in [-0.39, 0.29) is 29.9 Å². The summed E-state index contributed by atoms with van der Waals surface area (Å²) in [6.45, 7) is -0.111. The van der Waals surface area contributed by atoms with Crippen LogP contribution in [0.4, 0.5) is 0 Å². The van der Waals surface area contributed by atoms with Gasteiger partial charge in [0.2, 0.25) is 23.6 Å². The summed E-state index contributed by atoms with van der Waals surface area (Å²) in [5, 5.41) is 26.6. The molecule has 12 N–H and O–H groups in total. The summed E-state index contributed by atoms with van der Waals surface area (Å²) < 4.78 is 0. The zero-order valence-electron chi connectivity index (χ0n) is 28.8. The first kappa shape index (κ1) is 46.6. The second-order valence-corrected chi connectivity index (χ2v) is 11.6. The number of nitrogens with two attached hydrogens (primary N) is 4. The van der Waals surface area contributed by atoms with Gasteiger partial charge in [0.05, 0.1) is 49.8 Å². The molecular weight excluding hydrogens is 720 g/mol. The summed E-state index contributed by atoms with van der Waals surface area (Å²) in [5.74, 6) is -4.84. The normalized spacial score (nSPS) is 12.8. The molecule has 2 rings (SSSR count). The largest absolute Gasteiger partial charge is 2.00 e. The van der Waals surface area contributed by atoms with Crippen molar-refractivity contribution in [2.75, 3.05) is 40.3 Å². The maximum absolute atomic E-state index is 12.5. The van der Waals surface area contributed by atoms with E-state index in [9.17, 15) is 39.0 Å². The van der Waals surface area contributed by atoms with E-state index in [0.29, 0.717) is 50.2 Å². The van der Waals surface area contributed by atoms with E-state index >= 15 is 0 Å². The number of carboxylic acid groups (broad SMARTS) is 2. The molecule has 0 aliphatic heterocycles. The Labute approximate surface area is 306 Å². The van der Waals surface area contributed by atoms with Crippen LogP contribution < -0.4 is 43.8 Å². The van der Waals surface area contributed by atoms with E-state index in [2.05, 4.69) is 30.6 Å². The van der Waals surface area contributed by atoms with Crippen molar-refractivity contribution in [1.82, 2.24) is 40.4 Å². The molecule has 0 fully saturated rings. The molecule has 1 radical (unpaired) electrons. The van der Waals surface area contributed by atoms with Gasteiger partial charge in [-0.25, -0.2) is 9.97 Å². The minimum Gasteiger partial charge on any atom is -0.548 e. The number of nitrogens with one attached hydrogen (secondary N) is 4. The molecular formula is C30H50CuN12O8. The van der Waals surface area contributed by atoms with Crippen molar-refractivity contribution >= 4 is 35.6 Å². The second-order valence-electron chi connectivity index (χ2n) is 11.6. The van der Waals surface area contributed by atoms with E-state index in [1.807, 2.05) is 0 Å². The van der Waals surface area contributed by atoms with Gasteiger partial charge in [-0.15, -0.1) is 0 Å². The van der Waals surface area contributed by atoms with Crippen molar-refractivity contribution in [3.63, 3.8) is 0 Å². The molecule has 4 atom stereocenters. The third-order valence-corrected chi connectivity index (χ3v) is 7.28. The number of unbranched alkanes of at least 4 members (excludes halogenated alkanes) is 2. The molecule has 20 nitrogen and oxygen atoms in total. The number of aliphatic carboxylic acids is 2. The van der Waals surface area contributed by atoms with E-state index in [0.717, 1.165) is 22.6 Å². The first-order valence-electron chi connectivity index (χ1n) is 16.1. The molecule has 2 aromatic rings. The predicted molar refractivity (Wildman–Crippen MR) is 175 cm³/mol. The standard InChI is InChI=1S/2C15H26N6O4.Cu/c2*1-21(8-13(22)23)15(25)12(6-10-7-18-9-19-10)20-14(24)11(17)4-2-3-5-16;/h2*7,9,11-12H,2-6,8,16-17H2,1H3,(H,18,19)(H,20,24)(H,22,23);/q;;+2/p-2/t2*11-,12-;/m00./s1. The molecule has 2 heterocycles. The predicted octanol–water partition coefficient (Wildman–Crippen LogP) is -5.80. The van der Waals surface area contributed by atoms with Crippen LogP contribution in [-0.2, 0) is 58.7 Å². The maximum atomic E-state index is 12.5. The van der Waals surface area contributed by atoms with Crippen LogP contribution in [0, 0.1) is 0 Å². The number of imidazole rings is 2. The monoisotopic (exact) mass is 769 g/mol. The van der Waals surface area contributed by atoms with Crippen molar-refractivity contribution in [2.24, 2.45) is 22.9 Å². The van der Waals surface area contributed by atoms with Crippen LogP contribution in [0.1, 0.15) is 49.9 Å². The number of likely N-dealkylation sites (N-methyl/N-ethyl adjacent to an activating group) is 2. The Hall–Kier alpha value is -4.40. The van der Waals surface area contributed by atoms with Crippen molar-refractivity contribution < 1.29 is 56.0 Å². The fourth-order valence-corrected chi connectivity index (χ4v) is 4.54. The summed E-state index contributed by atoms with van der Waals surface area (Å²) in [5.41, 5.74) is 23.7. The Bertz CT molecular complexity index is 1230. The third kappa shape index (κ3) is 19.0. The topological polar surface area (TPSA) is 341 Å². The maximum Gasteiger partial charge on any atom is 2.00 e. The van der Waals surface area contributed by atoms with E-state index in [1.165, 1.54) is 39.1 Å². The van der Waals surface area contributed by atoms with Crippen LogP contribution in [-0.4, -0.2) is 130 Å². The average molecular weight is 770 g/mol. The first-order valence-corrected chi connectivity index (χ1v) is 16.1. The van der Waals surface area contributed by atoms with Gasteiger partial charge in [-0.2, -0.15) is 0 Å². The van der Waals surface area contributed by atoms with Crippen molar-refractivity contribution in [2.45, 2.75) is 75.5 Å². The average Bonchev–Trinajstić information content (AvgIpc) is 3.78. The van der Waals surface area contributed by atoms with E-state index in [1.54, 1.807) is 0 Å². The Kier molecular flexibility index (Phi) is 23.3. The van der Waals surface area contributed by atoms with Crippen LogP contribution in [0.2, 0.25) is 0 Å².